The van der Waals surface area contributed by atoms with Gasteiger partial charge in [0.1, 0.15) is 5.76 Å². The normalized spacial score (nSPS) is 11.8. The molecule has 3 aromatic rings. The summed E-state index contributed by atoms with van der Waals surface area (Å²) < 4.78 is 45.0. The van der Waals surface area contributed by atoms with Crippen molar-refractivity contribution in [3.8, 4) is 5.69 Å². The predicted octanol–water partition coefficient (Wildman–Crippen LogP) is 4.69. The molecule has 1 N–H and O–H groups in total. The minimum absolute atomic E-state index is 0.623. The molecule has 2 aromatic heterocycles. The Labute approximate surface area is 137 Å². The Bertz CT molecular complexity index is 787. The van der Waals surface area contributed by atoms with E-state index in [0.717, 1.165) is 29.0 Å². The number of rotatable bonds is 5. The van der Waals surface area contributed by atoms with E-state index in [9.17, 15) is 13.2 Å². The van der Waals surface area contributed by atoms with Crippen molar-refractivity contribution in [2.75, 3.05) is 0 Å². The first-order chi connectivity index (χ1) is 11.4. The van der Waals surface area contributed by atoms with E-state index in [4.69, 9.17) is 4.42 Å². The summed E-state index contributed by atoms with van der Waals surface area (Å²) in [6.07, 6.45) is 1.15. The smallest absolute Gasteiger partial charge is 0.416 e. The molecule has 0 fully saturated rings. The number of aromatic nitrogens is 1. The molecule has 0 radical (unpaired) electrons. The van der Waals surface area contributed by atoms with Gasteiger partial charge in [0.15, 0.2) is 0 Å². The molecule has 0 amide bonds. The maximum atomic E-state index is 12.6. The second-order valence-corrected chi connectivity index (χ2v) is 5.60. The maximum Gasteiger partial charge on any atom is 0.416 e. The highest BCUT2D eigenvalue weighted by Crippen LogP contribution is 2.29. The van der Waals surface area contributed by atoms with E-state index in [-0.39, 0.29) is 0 Å². The third-order valence-electron chi connectivity index (χ3n) is 3.82. The van der Waals surface area contributed by atoms with Crippen molar-refractivity contribution in [1.29, 1.82) is 0 Å². The molecule has 0 saturated heterocycles. The van der Waals surface area contributed by atoms with E-state index in [0.29, 0.717) is 18.8 Å². The van der Waals surface area contributed by atoms with Gasteiger partial charge in [-0.25, -0.2) is 0 Å². The summed E-state index contributed by atoms with van der Waals surface area (Å²) in [5, 5.41) is 3.28. The number of hydrogen-bond donors (Lipinski definition) is 1. The first-order valence-electron chi connectivity index (χ1n) is 7.52. The number of benzene rings is 1. The topological polar surface area (TPSA) is 30.1 Å². The van der Waals surface area contributed by atoms with Crippen molar-refractivity contribution < 1.29 is 17.6 Å². The van der Waals surface area contributed by atoms with Gasteiger partial charge < -0.3 is 14.3 Å². The Hall–Kier alpha value is -2.47. The lowest BCUT2D eigenvalue weighted by atomic mass is 10.2. The quantitative estimate of drug-likeness (QED) is 0.734. The van der Waals surface area contributed by atoms with Gasteiger partial charge in [-0.05, 0) is 54.4 Å². The van der Waals surface area contributed by atoms with Crippen molar-refractivity contribution in [1.82, 2.24) is 9.88 Å². The molecule has 2 heterocycles. The molecule has 3 rings (SSSR count). The third kappa shape index (κ3) is 3.71. The van der Waals surface area contributed by atoms with Gasteiger partial charge >= 0.3 is 6.18 Å². The van der Waals surface area contributed by atoms with Crippen LogP contribution in [-0.2, 0) is 19.3 Å². The van der Waals surface area contributed by atoms with E-state index in [1.807, 2.05) is 36.0 Å². The van der Waals surface area contributed by atoms with Crippen LogP contribution in [0, 0.1) is 6.92 Å². The molecule has 0 atom stereocenters. The minimum atomic E-state index is -4.31. The number of halogens is 3. The van der Waals surface area contributed by atoms with E-state index in [2.05, 4.69) is 5.32 Å². The Morgan fingerprint density at radius 2 is 1.79 bits per heavy atom. The van der Waals surface area contributed by atoms with Crippen LogP contribution in [0.3, 0.4) is 0 Å². The average molecular weight is 334 g/mol. The zero-order chi connectivity index (χ0) is 17.2. The van der Waals surface area contributed by atoms with Crippen LogP contribution in [-0.4, -0.2) is 4.57 Å². The van der Waals surface area contributed by atoms with Gasteiger partial charge in [-0.2, -0.15) is 13.2 Å². The Morgan fingerprint density at radius 3 is 2.42 bits per heavy atom. The molecule has 0 aliphatic rings. The lowest BCUT2D eigenvalue weighted by Gasteiger charge is -2.08. The van der Waals surface area contributed by atoms with Gasteiger partial charge in [0.2, 0.25) is 0 Å². The predicted molar refractivity (Wildman–Crippen MR) is 84.8 cm³/mol. The summed E-state index contributed by atoms with van der Waals surface area (Å²) in [5.41, 5.74) is 2.21. The Morgan fingerprint density at radius 1 is 1.04 bits per heavy atom. The monoisotopic (exact) mass is 334 g/mol. The van der Waals surface area contributed by atoms with E-state index in [1.54, 1.807) is 6.26 Å². The molecular weight excluding hydrogens is 317 g/mol. The van der Waals surface area contributed by atoms with E-state index < -0.39 is 11.7 Å². The summed E-state index contributed by atoms with van der Waals surface area (Å²) in [6.45, 7) is 3.25. The van der Waals surface area contributed by atoms with Crippen LogP contribution in [0.15, 0.2) is 59.5 Å². The molecule has 1 aromatic carbocycles. The van der Waals surface area contributed by atoms with Crippen LogP contribution in [0.5, 0.6) is 0 Å². The van der Waals surface area contributed by atoms with Gasteiger partial charge in [0.05, 0.1) is 18.4 Å². The molecule has 3 nitrogen and oxygen atoms in total. The molecule has 24 heavy (non-hydrogen) atoms. The van der Waals surface area contributed by atoms with E-state index in [1.165, 1.54) is 12.1 Å². The van der Waals surface area contributed by atoms with Crippen LogP contribution in [0.25, 0.3) is 5.69 Å². The number of furan rings is 1. The fourth-order valence-electron chi connectivity index (χ4n) is 2.49. The molecule has 126 valence electrons. The first-order valence-corrected chi connectivity index (χ1v) is 7.52. The van der Waals surface area contributed by atoms with Crippen LogP contribution in [0.1, 0.15) is 22.5 Å². The van der Waals surface area contributed by atoms with Crippen molar-refractivity contribution in [3.63, 3.8) is 0 Å². The zero-order valence-electron chi connectivity index (χ0n) is 13.1. The van der Waals surface area contributed by atoms with Gasteiger partial charge in [-0.3, -0.25) is 0 Å². The summed E-state index contributed by atoms with van der Waals surface area (Å²) in [6, 6.07) is 8.88. The van der Waals surface area contributed by atoms with Gasteiger partial charge in [0, 0.05) is 24.6 Å². The van der Waals surface area contributed by atoms with Crippen molar-refractivity contribution in [2.24, 2.45) is 0 Å². The third-order valence-corrected chi connectivity index (χ3v) is 3.82. The number of hydrogen-bond acceptors (Lipinski definition) is 2. The molecular formula is C18H17F3N2O. The highest BCUT2D eigenvalue weighted by Gasteiger charge is 2.29. The molecule has 0 unspecified atom stereocenters. The molecule has 6 heteroatoms. The van der Waals surface area contributed by atoms with Crippen molar-refractivity contribution >= 4 is 0 Å². The number of nitrogens with zero attached hydrogens (tertiary/aromatic N) is 1. The Kier molecular flexibility index (Phi) is 4.49. The molecule has 0 bridgehead atoms. The minimum Gasteiger partial charge on any atom is -0.468 e. The van der Waals surface area contributed by atoms with Crippen LogP contribution in [0.2, 0.25) is 0 Å². The van der Waals surface area contributed by atoms with Gasteiger partial charge in [0.25, 0.3) is 0 Å². The second-order valence-electron chi connectivity index (χ2n) is 5.60. The highest BCUT2D eigenvalue weighted by molar-refractivity contribution is 5.39. The van der Waals surface area contributed by atoms with Crippen LogP contribution >= 0.6 is 0 Å². The highest BCUT2D eigenvalue weighted by atomic mass is 19.4. The fraction of sp³-hybridized carbons (Fsp3) is 0.222. The summed E-state index contributed by atoms with van der Waals surface area (Å²) >= 11 is 0. The number of nitrogens with one attached hydrogen (secondary N) is 1. The fourth-order valence-corrected chi connectivity index (χ4v) is 2.49. The second kappa shape index (κ2) is 6.57. The summed E-state index contributed by atoms with van der Waals surface area (Å²) in [5.74, 6) is 0.856. The van der Waals surface area contributed by atoms with Crippen LogP contribution in [0.4, 0.5) is 13.2 Å². The molecule has 0 saturated carbocycles. The van der Waals surface area contributed by atoms with Crippen LogP contribution < -0.4 is 5.32 Å². The average Bonchev–Trinajstić information content (AvgIpc) is 3.17. The zero-order valence-corrected chi connectivity index (χ0v) is 13.1. The summed E-state index contributed by atoms with van der Waals surface area (Å²) in [7, 11) is 0. The van der Waals surface area contributed by atoms with Gasteiger partial charge in [-0.1, -0.05) is 0 Å². The Balaban J connectivity index is 1.69. The van der Waals surface area contributed by atoms with Crippen molar-refractivity contribution in [2.45, 2.75) is 26.2 Å². The lowest BCUT2D eigenvalue weighted by molar-refractivity contribution is -0.137. The SMILES string of the molecule is Cc1cn(-c2ccc(C(F)(F)F)cc2)cc1CNCc1ccco1. The largest absolute Gasteiger partial charge is 0.468 e. The molecule has 0 aliphatic carbocycles. The number of aryl methyl sites for hydroxylation is 1. The number of alkyl halides is 3. The standard InChI is InChI=1S/C18H17F3N2O/c1-13-11-23(16-6-4-15(5-7-16)18(19,20)21)12-14(13)9-22-10-17-3-2-8-24-17/h2-8,11-12,22H,9-10H2,1H3. The molecule has 0 aliphatic heterocycles. The lowest BCUT2D eigenvalue weighted by Crippen LogP contribution is -2.12. The summed E-state index contributed by atoms with van der Waals surface area (Å²) in [4.78, 5) is 0. The van der Waals surface area contributed by atoms with Gasteiger partial charge in [-0.15, -0.1) is 0 Å². The van der Waals surface area contributed by atoms with Crippen molar-refractivity contribution in [3.05, 3.63) is 77.5 Å². The maximum absolute atomic E-state index is 12.6. The van der Waals surface area contributed by atoms with E-state index >= 15 is 0 Å². The molecule has 0 spiro atoms. The first kappa shape index (κ1) is 16.4.